The van der Waals surface area contributed by atoms with Crippen molar-refractivity contribution < 1.29 is 14.3 Å². The molecule has 2 aromatic carbocycles. The molecule has 1 aliphatic heterocycles. The van der Waals surface area contributed by atoms with E-state index in [0.717, 1.165) is 10.1 Å². The van der Waals surface area contributed by atoms with E-state index in [1.165, 1.54) is 16.9 Å². The summed E-state index contributed by atoms with van der Waals surface area (Å²) in [6.07, 6.45) is -1.15. The average molecular weight is 399 g/mol. The minimum atomic E-state index is -0.746. The van der Waals surface area contributed by atoms with Crippen molar-refractivity contribution in [2.75, 3.05) is 5.32 Å². The van der Waals surface area contributed by atoms with Crippen LogP contribution in [0.3, 0.4) is 0 Å². The summed E-state index contributed by atoms with van der Waals surface area (Å²) in [4.78, 5) is 12.6. The van der Waals surface area contributed by atoms with Gasteiger partial charge in [-0.05, 0) is 24.6 Å². The molecule has 0 bridgehead atoms. The van der Waals surface area contributed by atoms with Gasteiger partial charge in [-0.3, -0.25) is 10.1 Å². The van der Waals surface area contributed by atoms with E-state index in [1.54, 1.807) is 24.8 Å². The summed E-state index contributed by atoms with van der Waals surface area (Å²) in [7, 11) is 0. The van der Waals surface area contributed by atoms with Crippen LogP contribution in [-0.2, 0) is 10.5 Å². The van der Waals surface area contributed by atoms with E-state index in [4.69, 9.17) is 9.47 Å². The second kappa shape index (κ2) is 7.98. The normalized spacial score (nSPS) is 18.1. The zero-order valence-corrected chi connectivity index (χ0v) is 16.1. The van der Waals surface area contributed by atoms with Gasteiger partial charge in [0.15, 0.2) is 15.8 Å². The maximum Gasteiger partial charge on any atom is 0.271 e. The number of nitrogens with one attached hydrogen (secondary N) is 1. The van der Waals surface area contributed by atoms with Crippen LogP contribution < -0.4 is 14.8 Å². The summed E-state index contributed by atoms with van der Waals surface area (Å²) in [6.45, 7) is 1.81. The summed E-state index contributed by atoms with van der Waals surface area (Å²) < 4.78 is 12.4. The topological polar surface area (TPSA) is 73.3 Å². The Kier molecular flexibility index (Phi) is 5.26. The maximum atomic E-state index is 12.6. The highest BCUT2D eigenvalue weighted by atomic mass is 32.2. The Hall–Kier alpha value is -2.58. The highest BCUT2D eigenvalue weighted by Crippen LogP contribution is 2.34. The van der Waals surface area contributed by atoms with E-state index in [2.05, 4.69) is 27.6 Å². The van der Waals surface area contributed by atoms with E-state index in [0.29, 0.717) is 16.6 Å². The highest BCUT2D eigenvalue weighted by molar-refractivity contribution is 8.00. The van der Waals surface area contributed by atoms with Crippen molar-refractivity contribution in [1.29, 1.82) is 0 Å². The van der Waals surface area contributed by atoms with Gasteiger partial charge in [0, 0.05) is 5.75 Å². The van der Waals surface area contributed by atoms with Crippen LogP contribution in [-0.4, -0.2) is 28.3 Å². The summed E-state index contributed by atoms with van der Waals surface area (Å²) in [5.74, 6) is 1.71. The van der Waals surface area contributed by atoms with Crippen molar-refractivity contribution in [2.24, 2.45) is 0 Å². The summed E-state index contributed by atoms with van der Waals surface area (Å²) in [5, 5.41) is 11.4. The Labute approximate surface area is 164 Å². The second-order valence-corrected chi connectivity index (χ2v) is 8.14. The minimum absolute atomic E-state index is 0.298. The third kappa shape index (κ3) is 4.23. The highest BCUT2D eigenvalue weighted by Gasteiger charge is 2.34. The number of rotatable bonds is 5. The summed E-state index contributed by atoms with van der Waals surface area (Å²) in [6, 6.07) is 17.4. The second-order valence-electron chi connectivity index (χ2n) is 5.94. The minimum Gasteiger partial charge on any atom is -0.482 e. The average Bonchev–Trinajstić information content (AvgIpc) is 3.14. The molecule has 3 aromatic rings. The molecule has 2 atom stereocenters. The molecule has 1 aromatic heterocycles. The summed E-state index contributed by atoms with van der Waals surface area (Å²) >= 11 is 2.93. The predicted octanol–water partition coefficient (Wildman–Crippen LogP) is 4.00. The SMILES string of the molecule is C[C@H]1Oc2ccccc2O[C@@H]1C(=O)Nc1nnc(SCc2ccccc2)s1. The molecule has 1 N–H and O–H groups in total. The predicted molar refractivity (Wildman–Crippen MR) is 105 cm³/mol. The van der Waals surface area contributed by atoms with Crippen LogP contribution >= 0.6 is 23.1 Å². The molecule has 27 heavy (non-hydrogen) atoms. The van der Waals surface area contributed by atoms with Gasteiger partial charge in [0.25, 0.3) is 5.91 Å². The molecule has 1 amide bonds. The number of nitrogens with zero attached hydrogens (tertiary/aromatic N) is 2. The zero-order chi connectivity index (χ0) is 18.6. The molecule has 138 valence electrons. The molecule has 0 spiro atoms. The quantitative estimate of drug-likeness (QED) is 0.516. The Morgan fingerprint density at radius 1 is 1.07 bits per heavy atom. The van der Waals surface area contributed by atoms with E-state index >= 15 is 0 Å². The molecule has 1 aliphatic rings. The number of fused-ring (bicyclic) bond motifs is 1. The van der Waals surface area contributed by atoms with Gasteiger partial charge in [-0.1, -0.05) is 65.6 Å². The molecule has 8 heteroatoms. The number of aromatic nitrogens is 2. The van der Waals surface area contributed by atoms with Gasteiger partial charge in [-0.15, -0.1) is 10.2 Å². The molecule has 6 nitrogen and oxygen atoms in total. The van der Waals surface area contributed by atoms with Crippen molar-refractivity contribution in [3.63, 3.8) is 0 Å². The maximum absolute atomic E-state index is 12.6. The lowest BCUT2D eigenvalue weighted by atomic mass is 10.1. The number of anilines is 1. The van der Waals surface area contributed by atoms with Crippen molar-refractivity contribution in [3.05, 3.63) is 60.2 Å². The first-order valence-electron chi connectivity index (χ1n) is 8.42. The number of amides is 1. The lowest BCUT2D eigenvalue weighted by Crippen LogP contribution is -2.46. The fourth-order valence-corrected chi connectivity index (χ4v) is 4.33. The van der Waals surface area contributed by atoms with Crippen LogP contribution in [0.4, 0.5) is 5.13 Å². The van der Waals surface area contributed by atoms with Gasteiger partial charge >= 0.3 is 0 Å². The van der Waals surface area contributed by atoms with Crippen LogP contribution in [0, 0.1) is 0 Å². The van der Waals surface area contributed by atoms with Crippen molar-refractivity contribution in [2.45, 2.75) is 29.2 Å². The fraction of sp³-hybridized carbons (Fsp3) is 0.211. The lowest BCUT2D eigenvalue weighted by Gasteiger charge is -2.30. The standard InChI is InChI=1S/C19H17N3O3S2/c1-12-16(25-15-10-6-5-9-14(15)24-12)17(23)20-18-21-22-19(27-18)26-11-13-7-3-2-4-8-13/h2-10,12,16H,11H2,1H3,(H,20,21,23)/t12-,16+/m1/s1. The van der Waals surface area contributed by atoms with Gasteiger partial charge in [-0.2, -0.15) is 0 Å². The number of para-hydroxylation sites is 2. The first-order valence-corrected chi connectivity index (χ1v) is 10.2. The first kappa shape index (κ1) is 17.8. The molecular weight excluding hydrogens is 382 g/mol. The monoisotopic (exact) mass is 399 g/mol. The van der Waals surface area contributed by atoms with Gasteiger partial charge in [-0.25, -0.2) is 0 Å². The number of ether oxygens (including phenoxy) is 2. The number of hydrogen-bond donors (Lipinski definition) is 1. The zero-order valence-electron chi connectivity index (χ0n) is 14.5. The van der Waals surface area contributed by atoms with Crippen LogP contribution in [0.1, 0.15) is 12.5 Å². The lowest BCUT2D eigenvalue weighted by molar-refractivity contribution is -0.128. The van der Waals surface area contributed by atoms with E-state index in [9.17, 15) is 4.79 Å². The van der Waals surface area contributed by atoms with Gasteiger partial charge in [0.1, 0.15) is 6.10 Å². The molecule has 0 fully saturated rings. The van der Waals surface area contributed by atoms with Gasteiger partial charge < -0.3 is 9.47 Å². The Bertz CT molecular complexity index is 933. The molecule has 0 saturated heterocycles. The fourth-order valence-electron chi connectivity index (χ4n) is 2.62. The third-order valence-electron chi connectivity index (χ3n) is 3.94. The molecule has 0 radical (unpaired) electrons. The van der Waals surface area contributed by atoms with E-state index in [1.807, 2.05) is 36.4 Å². The van der Waals surface area contributed by atoms with E-state index < -0.39 is 12.2 Å². The van der Waals surface area contributed by atoms with Crippen LogP contribution in [0.25, 0.3) is 0 Å². The Morgan fingerprint density at radius 3 is 2.56 bits per heavy atom. The van der Waals surface area contributed by atoms with Crippen LogP contribution in [0.5, 0.6) is 11.5 Å². The molecule has 4 rings (SSSR count). The third-order valence-corrected chi connectivity index (χ3v) is 5.99. The molecule has 0 unspecified atom stereocenters. The van der Waals surface area contributed by atoms with Crippen LogP contribution in [0.2, 0.25) is 0 Å². The van der Waals surface area contributed by atoms with Gasteiger partial charge in [0.2, 0.25) is 11.2 Å². The molecule has 0 aliphatic carbocycles. The number of carbonyl (C=O) groups excluding carboxylic acids is 1. The molecular formula is C19H17N3O3S2. The van der Waals surface area contributed by atoms with Crippen LogP contribution in [0.15, 0.2) is 58.9 Å². The van der Waals surface area contributed by atoms with Crippen molar-refractivity contribution in [1.82, 2.24) is 10.2 Å². The summed E-state index contributed by atoms with van der Waals surface area (Å²) in [5.41, 5.74) is 1.21. The number of thioether (sulfide) groups is 1. The number of benzene rings is 2. The Balaban J connectivity index is 1.37. The number of hydrogen-bond acceptors (Lipinski definition) is 7. The van der Waals surface area contributed by atoms with Gasteiger partial charge in [0.05, 0.1) is 0 Å². The first-order chi connectivity index (χ1) is 13.2. The molecule has 0 saturated carbocycles. The largest absolute Gasteiger partial charge is 0.482 e. The number of carbonyl (C=O) groups is 1. The van der Waals surface area contributed by atoms with Crippen molar-refractivity contribution in [3.8, 4) is 11.5 Å². The Morgan fingerprint density at radius 2 is 1.78 bits per heavy atom. The van der Waals surface area contributed by atoms with E-state index in [-0.39, 0.29) is 5.91 Å². The smallest absolute Gasteiger partial charge is 0.271 e. The van der Waals surface area contributed by atoms with Crippen molar-refractivity contribution >= 4 is 34.1 Å². The molecule has 2 heterocycles.